The Bertz CT molecular complexity index is 490. The van der Waals surface area contributed by atoms with Crippen molar-refractivity contribution in [3.05, 3.63) is 35.9 Å². The Morgan fingerprint density at radius 2 is 2.05 bits per heavy atom. The van der Waals surface area contributed by atoms with E-state index in [0.29, 0.717) is 5.92 Å². The fourth-order valence-corrected chi connectivity index (χ4v) is 2.53. The quantitative estimate of drug-likeness (QED) is 0.720. The van der Waals surface area contributed by atoms with E-state index in [1.54, 1.807) is 0 Å². The summed E-state index contributed by atoms with van der Waals surface area (Å²) in [7, 11) is 0. The molecule has 0 spiro atoms. The Hall–Kier alpha value is -2.04. The van der Waals surface area contributed by atoms with Crippen LogP contribution in [0.2, 0.25) is 0 Å². The van der Waals surface area contributed by atoms with Gasteiger partial charge in [-0.2, -0.15) is 0 Å². The van der Waals surface area contributed by atoms with Crippen molar-refractivity contribution in [1.82, 2.24) is 10.6 Å². The van der Waals surface area contributed by atoms with Gasteiger partial charge in [0.05, 0.1) is 0 Å². The van der Waals surface area contributed by atoms with Crippen LogP contribution in [-0.2, 0) is 11.2 Å². The molecule has 1 aliphatic carbocycles. The van der Waals surface area contributed by atoms with Gasteiger partial charge in [-0.25, -0.2) is 9.59 Å². The molecule has 3 N–H and O–H groups in total. The van der Waals surface area contributed by atoms with Crippen molar-refractivity contribution in [3.63, 3.8) is 0 Å². The first-order valence-corrected chi connectivity index (χ1v) is 7.44. The van der Waals surface area contributed by atoms with Crippen molar-refractivity contribution >= 4 is 12.0 Å². The highest BCUT2D eigenvalue weighted by molar-refractivity contribution is 5.83. The standard InChI is InChI=1S/C16H22N2O3/c1-2-6-12-10-13(12)17-16(21)18-14(15(19)20)9-11-7-4-3-5-8-11/h3-5,7-8,12-14H,2,6,9-10H2,1H3,(H,19,20)(H2,17,18,21)/t12?,13?,14-/m1/s1. The lowest BCUT2D eigenvalue weighted by molar-refractivity contribution is -0.139. The summed E-state index contributed by atoms with van der Waals surface area (Å²) < 4.78 is 0. The first-order valence-electron chi connectivity index (χ1n) is 7.44. The highest BCUT2D eigenvalue weighted by Gasteiger charge is 2.37. The minimum absolute atomic E-state index is 0.205. The molecule has 0 heterocycles. The number of carbonyl (C=O) groups is 2. The van der Waals surface area contributed by atoms with Crippen LogP contribution in [0.25, 0.3) is 0 Å². The molecule has 1 aromatic rings. The van der Waals surface area contributed by atoms with Gasteiger partial charge in [0.2, 0.25) is 0 Å². The van der Waals surface area contributed by atoms with Gasteiger partial charge in [-0.15, -0.1) is 0 Å². The van der Waals surface area contributed by atoms with E-state index in [1.165, 1.54) is 0 Å². The molecule has 21 heavy (non-hydrogen) atoms. The SMILES string of the molecule is CCCC1CC1NC(=O)N[C@H](Cc1ccccc1)C(=O)O. The summed E-state index contributed by atoms with van der Waals surface area (Å²) >= 11 is 0. The van der Waals surface area contributed by atoms with Gasteiger partial charge < -0.3 is 15.7 Å². The molecule has 0 aromatic heterocycles. The largest absolute Gasteiger partial charge is 0.480 e. The maximum absolute atomic E-state index is 11.9. The average molecular weight is 290 g/mol. The zero-order valence-electron chi connectivity index (χ0n) is 12.2. The monoisotopic (exact) mass is 290 g/mol. The zero-order chi connectivity index (χ0) is 15.2. The average Bonchev–Trinajstić information content (AvgIpc) is 3.17. The molecule has 1 aliphatic rings. The van der Waals surface area contributed by atoms with Crippen LogP contribution < -0.4 is 10.6 Å². The van der Waals surface area contributed by atoms with Crippen molar-refractivity contribution in [2.45, 2.75) is 44.7 Å². The first-order chi connectivity index (χ1) is 10.1. The molecule has 114 valence electrons. The van der Waals surface area contributed by atoms with Gasteiger partial charge in [-0.3, -0.25) is 0 Å². The second-order valence-electron chi connectivity index (χ2n) is 5.59. The Labute approximate surface area is 124 Å². The van der Waals surface area contributed by atoms with Crippen molar-refractivity contribution in [2.75, 3.05) is 0 Å². The number of urea groups is 1. The van der Waals surface area contributed by atoms with Crippen molar-refractivity contribution < 1.29 is 14.7 Å². The maximum atomic E-state index is 11.9. The Morgan fingerprint density at radius 1 is 1.33 bits per heavy atom. The van der Waals surface area contributed by atoms with Gasteiger partial charge >= 0.3 is 12.0 Å². The van der Waals surface area contributed by atoms with Gasteiger partial charge in [-0.05, 0) is 24.3 Å². The van der Waals surface area contributed by atoms with Gasteiger partial charge in [0.25, 0.3) is 0 Å². The van der Waals surface area contributed by atoms with Crippen LogP contribution in [0, 0.1) is 5.92 Å². The Morgan fingerprint density at radius 3 is 2.67 bits per heavy atom. The number of nitrogens with one attached hydrogen (secondary N) is 2. The van der Waals surface area contributed by atoms with Crippen molar-refractivity contribution in [2.24, 2.45) is 5.92 Å². The number of amides is 2. The second-order valence-corrected chi connectivity index (χ2v) is 5.59. The van der Waals surface area contributed by atoms with Crippen LogP contribution in [-0.4, -0.2) is 29.2 Å². The fraction of sp³-hybridized carbons (Fsp3) is 0.500. The molecule has 0 aliphatic heterocycles. The number of hydrogen-bond donors (Lipinski definition) is 3. The van der Waals surface area contributed by atoms with Crippen LogP contribution in [0.15, 0.2) is 30.3 Å². The third kappa shape index (κ3) is 4.77. The van der Waals surface area contributed by atoms with Gasteiger partial charge in [-0.1, -0.05) is 43.7 Å². The maximum Gasteiger partial charge on any atom is 0.326 e. The van der Waals surface area contributed by atoms with E-state index in [9.17, 15) is 14.7 Å². The minimum atomic E-state index is -1.02. The molecular formula is C16H22N2O3. The predicted octanol–water partition coefficient (Wildman–Crippen LogP) is 2.17. The number of carbonyl (C=O) groups excluding carboxylic acids is 1. The highest BCUT2D eigenvalue weighted by Crippen LogP contribution is 2.34. The number of benzene rings is 1. The highest BCUT2D eigenvalue weighted by atomic mass is 16.4. The number of aliphatic carboxylic acids is 1. The molecule has 1 fully saturated rings. The number of hydrogen-bond acceptors (Lipinski definition) is 2. The summed E-state index contributed by atoms with van der Waals surface area (Å²) in [5.74, 6) is -0.465. The fourth-order valence-electron chi connectivity index (χ4n) is 2.53. The molecule has 1 saturated carbocycles. The molecule has 5 heteroatoms. The van der Waals surface area contributed by atoms with E-state index in [4.69, 9.17) is 0 Å². The van der Waals surface area contributed by atoms with E-state index in [0.717, 1.165) is 24.8 Å². The molecule has 0 bridgehead atoms. The minimum Gasteiger partial charge on any atom is -0.480 e. The molecule has 1 aromatic carbocycles. The molecule has 3 atom stereocenters. The smallest absolute Gasteiger partial charge is 0.326 e. The van der Waals surface area contributed by atoms with Gasteiger partial charge in [0, 0.05) is 12.5 Å². The summed E-state index contributed by atoms with van der Waals surface area (Å²) in [4.78, 5) is 23.1. The zero-order valence-corrected chi connectivity index (χ0v) is 12.2. The molecule has 2 amide bonds. The summed E-state index contributed by atoms with van der Waals surface area (Å²) in [6.07, 6.45) is 3.50. The first kappa shape index (κ1) is 15.4. The van der Waals surface area contributed by atoms with Gasteiger partial charge in [0.15, 0.2) is 0 Å². The van der Waals surface area contributed by atoms with E-state index in [-0.39, 0.29) is 18.5 Å². The van der Waals surface area contributed by atoms with Crippen LogP contribution in [0.4, 0.5) is 4.79 Å². The molecule has 5 nitrogen and oxygen atoms in total. The Balaban J connectivity index is 1.82. The van der Waals surface area contributed by atoms with Crippen molar-refractivity contribution in [1.29, 1.82) is 0 Å². The van der Waals surface area contributed by atoms with Gasteiger partial charge in [0.1, 0.15) is 6.04 Å². The third-order valence-electron chi connectivity index (χ3n) is 3.78. The van der Waals surface area contributed by atoms with Crippen LogP contribution in [0.3, 0.4) is 0 Å². The van der Waals surface area contributed by atoms with Crippen LogP contribution in [0.5, 0.6) is 0 Å². The van der Waals surface area contributed by atoms with Crippen LogP contribution in [0.1, 0.15) is 31.7 Å². The normalized spacial score (nSPS) is 21.4. The lowest BCUT2D eigenvalue weighted by Crippen LogP contribution is -2.47. The molecule has 2 rings (SSSR count). The predicted molar refractivity (Wildman–Crippen MR) is 80.0 cm³/mol. The summed E-state index contributed by atoms with van der Waals surface area (Å²) in [5.41, 5.74) is 0.889. The third-order valence-corrected chi connectivity index (χ3v) is 3.78. The molecule has 2 unspecified atom stereocenters. The number of rotatable bonds is 7. The van der Waals surface area contributed by atoms with E-state index in [2.05, 4.69) is 17.6 Å². The topological polar surface area (TPSA) is 78.4 Å². The van der Waals surface area contributed by atoms with E-state index >= 15 is 0 Å². The van der Waals surface area contributed by atoms with E-state index in [1.807, 2.05) is 30.3 Å². The summed E-state index contributed by atoms with van der Waals surface area (Å²) in [5, 5.41) is 14.6. The Kier molecular flexibility index (Phi) is 5.20. The molecule has 0 saturated heterocycles. The second kappa shape index (κ2) is 7.11. The summed E-state index contributed by atoms with van der Waals surface area (Å²) in [6.45, 7) is 2.12. The lowest BCUT2D eigenvalue weighted by atomic mass is 10.1. The number of carboxylic acids is 1. The molecular weight excluding hydrogens is 268 g/mol. The number of carboxylic acid groups (broad SMARTS) is 1. The lowest BCUT2D eigenvalue weighted by Gasteiger charge is -2.15. The van der Waals surface area contributed by atoms with Crippen LogP contribution >= 0.6 is 0 Å². The van der Waals surface area contributed by atoms with E-state index < -0.39 is 12.0 Å². The summed E-state index contributed by atoms with van der Waals surface area (Å²) in [6, 6.07) is 8.21. The molecule has 0 radical (unpaired) electrons. The van der Waals surface area contributed by atoms with Crippen molar-refractivity contribution in [3.8, 4) is 0 Å².